The predicted molar refractivity (Wildman–Crippen MR) is 108 cm³/mol. The lowest BCUT2D eigenvalue weighted by Crippen LogP contribution is -2.47. The molecule has 1 saturated carbocycles. The number of hydrogen-bond acceptors (Lipinski definition) is 4. The summed E-state index contributed by atoms with van der Waals surface area (Å²) in [4.78, 5) is 25.0. The van der Waals surface area contributed by atoms with Crippen LogP contribution < -0.4 is 15.4 Å². The van der Waals surface area contributed by atoms with Gasteiger partial charge in [0.15, 0.2) is 0 Å². The van der Waals surface area contributed by atoms with Gasteiger partial charge in [-0.3, -0.25) is 9.59 Å². The molecule has 0 aromatic heterocycles. The Kier molecular flexibility index (Phi) is 8.13. The Morgan fingerprint density at radius 1 is 1.29 bits per heavy atom. The normalized spacial score (nSPS) is 20.1. The number of amides is 2. The summed E-state index contributed by atoms with van der Waals surface area (Å²) in [5.41, 5.74) is 0.378. The zero-order valence-corrected chi connectivity index (χ0v) is 17.4. The molecule has 1 aliphatic rings. The highest BCUT2D eigenvalue weighted by Crippen LogP contribution is 2.31. The summed E-state index contributed by atoms with van der Waals surface area (Å²) in [5.74, 6) is 0.375. The van der Waals surface area contributed by atoms with E-state index in [1.807, 2.05) is 13.8 Å². The molecule has 0 bridgehead atoms. The molecule has 1 aromatic rings. The van der Waals surface area contributed by atoms with Gasteiger partial charge < -0.3 is 15.4 Å². The molecule has 152 valence electrons. The quantitative estimate of drug-likeness (QED) is 0.723. The van der Waals surface area contributed by atoms with Crippen molar-refractivity contribution in [3.8, 4) is 11.8 Å². The lowest BCUT2D eigenvalue weighted by atomic mass is 9.79. The maximum Gasteiger partial charge on any atom is 0.251 e. The van der Waals surface area contributed by atoms with Crippen LogP contribution >= 0.6 is 11.6 Å². The third-order valence-corrected chi connectivity index (χ3v) is 5.32. The van der Waals surface area contributed by atoms with Gasteiger partial charge in [0, 0.05) is 18.5 Å². The van der Waals surface area contributed by atoms with Crippen molar-refractivity contribution >= 4 is 23.4 Å². The first-order valence-corrected chi connectivity index (χ1v) is 10.1. The summed E-state index contributed by atoms with van der Waals surface area (Å²) in [5, 5.41) is 14.8. The number of likely N-dealkylation sites (N-methyl/N-ethyl adjacent to an activating group) is 1. The highest BCUT2D eigenvalue weighted by atomic mass is 35.5. The molecule has 6 nitrogen and oxygen atoms in total. The smallest absolute Gasteiger partial charge is 0.251 e. The number of nitriles is 1. The minimum atomic E-state index is -0.619. The molecule has 7 heteroatoms. The van der Waals surface area contributed by atoms with Crippen molar-refractivity contribution < 1.29 is 14.3 Å². The fraction of sp³-hybridized carbons (Fsp3) is 0.571. The van der Waals surface area contributed by atoms with Crippen LogP contribution in [0.2, 0.25) is 5.02 Å². The molecule has 2 rings (SSSR count). The lowest BCUT2D eigenvalue weighted by Gasteiger charge is -2.28. The monoisotopic (exact) mass is 405 g/mol. The van der Waals surface area contributed by atoms with Crippen molar-refractivity contribution in [2.45, 2.75) is 58.1 Å². The molecule has 1 fully saturated rings. The first-order valence-electron chi connectivity index (χ1n) is 9.72. The number of nitrogens with zero attached hydrogens (tertiary/aromatic N) is 1. The minimum Gasteiger partial charge on any atom is -0.489 e. The number of carbonyl (C=O) groups excluding carboxylic acids is 2. The molecule has 2 N–H and O–H groups in total. The summed E-state index contributed by atoms with van der Waals surface area (Å²) in [6, 6.07) is 6.54. The Bertz CT molecular complexity index is 737. The van der Waals surface area contributed by atoms with Crippen molar-refractivity contribution in [1.29, 1.82) is 5.26 Å². The summed E-state index contributed by atoms with van der Waals surface area (Å²) >= 11 is 6.22. The van der Waals surface area contributed by atoms with E-state index in [9.17, 15) is 9.59 Å². The van der Waals surface area contributed by atoms with Crippen LogP contribution in [0.3, 0.4) is 0 Å². The Hall–Kier alpha value is -2.26. The van der Waals surface area contributed by atoms with Gasteiger partial charge in [-0.15, -0.1) is 0 Å². The Labute approximate surface area is 171 Å². The number of nitrogens with one attached hydrogen (secondary N) is 2. The van der Waals surface area contributed by atoms with Gasteiger partial charge in [0.05, 0.1) is 17.2 Å². The molecule has 28 heavy (non-hydrogen) atoms. The van der Waals surface area contributed by atoms with Crippen LogP contribution in [-0.4, -0.2) is 31.0 Å². The van der Waals surface area contributed by atoms with E-state index < -0.39 is 6.04 Å². The first kappa shape index (κ1) is 22.0. The van der Waals surface area contributed by atoms with Crippen molar-refractivity contribution in [3.05, 3.63) is 28.8 Å². The first-order chi connectivity index (χ1) is 13.3. The number of ether oxygens (including phenoxy) is 1. The van der Waals surface area contributed by atoms with Crippen LogP contribution in [0.15, 0.2) is 18.2 Å². The maximum atomic E-state index is 12.7. The van der Waals surface area contributed by atoms with E-state index in [4.69, 9.17) is 21.6 Å². The average Bonchev–Trinajstić information content (AvgIpc) is 2.68. The van der Waals surface area contributed by atoms with Crippen LogP contribution in [0.5, 0.6) is 5.75 Å². The molecule has 1 aliphatic carbocycles. The number of halogens is 1. The zero-order chi connectivity index (χ0) is 20.7. The summed E-state index contributed by atoms with van der Waals surface area (Å²) in [7, 11) is 1.56. The average molecular weight is 406 g/mol. The molecular formula is C21H28ClN3O3. The second kappa shape index (κ2) is 10.3. The van der Waals surface area contributed by atoms with Crippen molar-refractivity contribution in [2.75, 3.05) is 7.05 Å². The van der Waals surface area contributed by atoms with Crippen molar-refractivity contribution in [2.24, 2.45) is 11.8 Å². The summed E-state index contributed by atoms with van der Waals surface area (Å²) in [6.07, 6.45) is 4.03. The van der Waals surface area contributed by atoms with Crippen LogP contribution in [0, 0.1) is 23.2 Å². The summed E-state index contributed by atoms with van der Waals surface area (Å²) < 4.78 is 5.58. The molecule has 2 amide bonds. The molecular weight excluding hydrogens is 378 g/mol. The predicted octanol–water partition coefficient (Wildman–Crippen LogP) is 3.69. The van der Waals surface area contributed by atoms with Crippen LogP contribution in [-0.2, 0) is 4.79 Å². The van der Waals surface area contributed by atoms with Crippen molar-refractivity contribution in [3.63, 3.8) is 0 Å². The number of rotatable bonds is 7. The fourth-order valence-corrected chi connectivity index (χ4v) is 3.72. The van der Waals surface area contributed by atoms with Gasteiger partial charge in [0.1, 0.15) is 11.8 Å². The molecule has 1 atom stereocenters. The van der Waals surface area contributed by atoms with E-state index in [2.05, 4.69) is 16.7 Å². The van der Waals surface area contributed by atoms with Crippen LogP contribution in [0.25, 0.3) is 0 Å². The van der Waals surface area contributed by atoms with E-state index in [1.54, 1.807) is 25.2 Å². The minimum absolute atomic E-state index is 0.0223. The summed E-state index contributed by atoms with van der Waals surface area (Å²) in [6.45, 7) is 3.80. The van der Waals surface area contributed by atoms with Gasteiger partial charge in [-0.2, -0.15) is 5.26 Å². The largest absolute Gasteiger partial charge is 0.489 e. The van der Waals surface area contributed by atoms with Gasteiger partial charge >= 0.3 is 0 Å². The van der Waals surface area contributed by atoms with Gasteiger partial charge in [-0.05, 0) is 70.1 Å². The van der Waals surface area contributed by atoms with E-state index in [0.29, 0.717) is 28.7 Å². The van der Waals surface area contributed by atoms with Gasteiger partial charge in [0.25, 0.3) is 5.91 Å². The van der Waals surface area contributed by atoms with Crippen LogP contribution in [0.4, 0.5) is 0 Å². The molecule has 1 aromatic carbocycles. The van der Waals surface area contributed by atoms with Crippen molar-refractivity contribution in [1.82, 2.24) is 10.6 Å². The van der Waals surface area contributed by atoms with Crippen LogP contribution in [0.1, 0.15) is 56.3 Å². The second-order valence-corrected chi connectivity index (χ2v) is 7.94. The molecule has 0 radical (unpaired) electrons. The maximum absolute atomic E-state index is 12.7. The van der Waals surface area contributed by atoms with E-state index in [0.717, 1.165) is 25.7 Å². The fourth-order valence-electron chi connectivity index (χ4n) is 3.50. The number of carbonyl (C=O) groups is 2. The van der Waals surface area contributed by atoms with Gasteiger partial charge in [-0.1, -0.05) is 11.6 Å². The topological polar surface area (TPSA) is 91.2 Å². The lowest BCUT2D eigenvalue weighted by molar-refractivity contribution is -0.123. The van der Waals surface area contributed by atoms with E-state index in [1.165, 1.54) is 0 Å². The standard InChI is InChI=1S/C21H28ClN3O3/c1-13(2)28-19-9-8-16(11-17(19)22)20(26)25-18(21(27)24-3)10-14-4-6-15(12-23)7-5-14/h8-9,11,13-15,18H,4-7,10H2,1-3H3,(H,24,27)(H,25,26). The van der Waals surface area contributed by atoms with Gasteiger partial charge in [-0.25, -0.2) is 0 Å². The number of benzene rings is 1. The highest BCUT2D eigenvalue weighted by Gasteiger charge is 2.28. The molecule has 0 saturated heterocycles. The third-order valence-electron chi connectivity index (χ3n) is 5.02. The highest BCUT2D eigenvalue weighted by molar-refractivity contribution is 6.32. The third kappa shape index (κ3) is 6.13. The molecule has 0 spiro atoms. The molecule has 0 heterocycles. The Balaban J connectivity index is 2.03. The molecule has 1 unspecified atom stereocenters. The Morgan fingerprint density at radius 2 is 1.96 bits per heavy atom. The van der Waals surface area contributed by atoms with E-state index in [-0.39, 0.29) is 23.8 Å². The second-order valence-electron chi connectivity index (χ2n) is 7.53. The SMILES string of the molecule is CNC(=O)C(CC1CCC(C#N)CC1)NC(=O)c1ccc(OC(C)C)c(Cl)c1. The van der Waals surface area contributed by atoms with E-state index >= 15 is 0 Å². The zero-order valence-electron chi connectivity index (χ0n) is 16.6. The number of hydrogen-bond donors (Lipinski definition) is 2. The van der Waals surface area contributed by atoms with Gasteiger partial charge in [0.2, 0.25) is 5.91 Å². The Morgan fingerprint density at radius 3 is 2.50 bits per heavy atom. The molecule has 0 aliphatic heterocycles.